The van der Waals surface area contributed by atoms with Gasteiger partial charge in [-0.2, -0.15) is 0 Å². The van der Waals surface area contributed by atoms with Gasteiger partial charge in [0.25, 0.3) is 0 Å². The van der Waals surface area contributed by atoms with E-state index in [0.717, 1.165) is 17.0 Å². The molecule has 1 N–H and O–H groups in total. The molecule has 0 saturated heterocycles. The Kier molecular flexibility index (Phi) is 3.54. The highest BCUT2D eigenvalue weighted by Crippen LogP contribution is 2.30. The van der Waals surface area contributed by atoms with Crippen LogP contribution in [-0.4, -0.2) is 28.0 Å². The molecule has 1 aromatic heterocycles. The molecular formula is C21H22N2O. The first-order chi connectivity index (χ1) is 11.5. The van der Waals surface area contributed by atoms with E-state index in [1.165, 1.54) is 27.6 Å². The van der Waals surface area contributed by atoms with Crippen molar-refractivity contribution >= 4 is 16.6 Å². The highest BCUT2D eigenvalue weighted by molar-refractivity contribution is 6.15. The lowest BCUT2D eigenvalue weighted by molar-refractivity contribution is 0.166. The summed E-state index contributed by atoms with van der Waals surface area (Å²) in [6, 6.07) is 15.0. The summed E-state index contributed by atoms with van der Waals surface area (Å²) in [5.41, 5.74) is 8.13. The Labute approximate surface area is 142 Å². The molecule has 0 fully saturated rings. The van der Waals surface area contributed by atoms with Gasteiger partial charge < -0.3 is 9.67 Å². The lowest BCUT2D eigenvalue weighted by Crippen LogP contribution is -2.18. The van der Waals surface area contributed by atoms with Crippen molar-refractivity contribution < 1.29 is 5.11 Å². The van der Waals surface area contributed by atoms with Gasteiger partial charge in [0.1, 0.15) is 0 Å². The second-order valence-corrected chi connectivity index (χ2v) is 6.81. The standard InChI is InChI=1S/C21H22N2O/c1-13-4-7-16(8-5-13)20-21-15(3)18-10-14(2)6-9-19(18)23(21)12-17(24)11-22-20/h4-10,17,24H,11-12H2,1-3H3. The molecule has 0 aliphatic carbocycles. The molecule has 3 heteroatoms. The quantitative estimate of drug-likeness (QED) is 0.728. The second-order valence-electron chi connectivity index (χ2n) is 6.81. The van der Waals surface area contributed by atoms with E-state index in [2.05, 4.69) is 67.8 Å². The number of benzene rings is 2. The summed E-state index contributed by atoms with van der Waals surface area (Å²) in [5.74, 6) is 0. The lowest BCUT2D eigenvalue weighted by atomic mass is 10.0. The Morgan fingerprint density at radius 1 is 1.00 bits per heavy atom. The van der Waals surface area contributed by atoms with E-state index in [4.69, 9.17) is 4.99 Å². The Morgan fingerprint density at radius 3 is 2.46 bits per heavy atom. The summed E-state index contributed by atoms with van der Waals surface area (Å²) in [6.45, 7) is 7.40. The van der Waals surface area contributed by atoms with Crippen molar-refractivity contribution in [2.45, 2.75) is 33.4 Å². The molecule has 24 heavy (non-hydrogen) atoms. The molecule has 3 aromatic rings. The molecule has 1 atom stereocenters. The Bertz CT molecular complexity index is 948. The number of fused-ring (bicyclic) bond motifs is 3. The number of aliphatic hydroxyl groups excluding tert-OH is 1. The van der Waals surface area contributed by atoms with Crippen molar-refractivity contribution in [2.24, 2.45) is 4.99 Å². The van der Waals surface area contributed by atoms with Crippen molar-refractivity contribution in [3.63, 3.8) is 0 Å². The van der Waals surface area contributed by atoms with Gasteiger partial charge in [-0.3, -0.25) is 4.99 Å². The van der Waals surface area contributed by atoms with E-state index < -0.39 is 6.10 Å². The molecule has 1 aliphatic rings. The monoisotopic (exact) mass is 318 g/mol. The van der Waals surface area contributed by atoms with Crippen molar-refractivity contribution in [1.82, 2.24) is 4.57 Å². The fourth-order valence-electron chi connectivity index (χ4n) is 3.61. The molecule has 2 heterocycles. The van der Waals surface area contributed by atoms with Gasteiger partial charge in [0, 0.05) is 16.5 Å². The zero-order chi connectivity index (χ0) is 16.8. The van der Waals surface area contributed by atoms with Crippen LogP contribution in [0, 0.1) is 20.8 Å². The van der Waals surface area contributed by atoms with E-state index in [-0.39, 0.29) is 0 Å². The van der Waals surface area contributed by atoms with Crippen molar-refractivity contribution in [3.8, 4) is 0 Å². The van der Waals surface area contributed by atoms with E-state index >= 15 is 0 Å². The fourth-order valence-corrected chi connectivity index (χ4v) is 3.61. The average Bonchev–Trinajstić information content (AvgIpc) is 2.71. The number of nitrogens with zero attached hydrogens (tertiary/aromatic N) is 2. The van der Waals surface area contributed by atoms with Crippen LogP contribution in [-0.2, 0) is 6.54 Å². The SMILES string of the molecule is Cc1ccc(C2=NCC(O)Cn3c2c(C)c2cc(C)ccc23)cc1. The van der Waals surface area contributed by atoms with Crippen molar-refractivity contribution in [2.75, 3.05) is 6.54 Å². The van der Waals surface area contributed by atoms with Crippen LogP contribution in [0.15, 0.2) is 47.5 Å². The van der Waals surface area contributed by atoms with E-state index in [1.807, 2.05) is 0 Å². The Hall–Kier alpha value is -2.39. The smallest absolute Gasteiger partial charge is 0.0914 e. The van der Waals surface area contributed by atoms with Crippen molar-refractivity contribution in [3.05, 3.63) is 70.4 Å². The molecule has 0 saturated carbocycles. The van der Waals surface area contributed by atoms with Crippen molar-refractivity contribution in [1.29, 1.82) is 0 Å². The van der Waals surface area contributed by atoms with Gasteiger partial charge in [-0.1, -0.05) is 41.5 Å². The highest BCUT2D eigenvalue weighted by atomic mass is 16.3. The second kappa shape index (κ2) is 5.60. The predicted octanol–water partition coefficient (Wildman–Crippen LogP) is 3.78. The summed E-state index contributed by atoms with van der Waals surface area (Å²) in [5, 5.41) is 11.6. The first kappa shape index (κ1) is 15.2. The highest BCUT2D eigenvalue weighted by Gasteiger charge is 2.24. The molecule has 122 valence electrons. The molecule has 0 bridgehead atoms. The summed E-state index contributed by atoms with van der Waals surface area (Å²) in [6.07, 6.45) is -0.456. The molecule has 0 amide bonds. The Balaban J connectivity index is 2.01. The topological polar surface area (TPSA) is 37.5 Å². The molecule has 2 aromatic carbocycles. The van der Waals surface area contributed by atoms with Crippen LogP contribution in [0.2, 0.25) is 0 Å². The molecule has 1 unspecified atom stereocenters. The molecule has 1 aliphatic heterocycles. The van der Waals surface area contributed by atoms with Crippen LogP contribution < -0.4 is 0 Å². The fraction of sp³-hybridized carbons (Fsp3) is 0.286. The molecular weight excluding hydrogens is 296 g/mol. The minimum atomic E-state index is -0.456. The third-order valence-corrected chi connectivity index (χ3v) is 4.87. The minimum Gasteiger partial charge on any atom is -0.389 e. The maximum Gasteiger partial charge on any atom is 0.0914 e. The van der Waals surface area contributed by atoms with Gasteiger partial charge >= 0.3 is 0 Å². The third kappa shape index (κ3) is 2.36. The summed E-state index contributed by atoms with van der Waals surface area (Å²) in [7, 11) is 0. The summed E-state index contributed by atoms with van der Waals surface area (Å²) in [4.78, 5) is 4.77. The van der Waals surface area contributed by atoms with Gasteiger partial charge in [-0.15, -0.1) is 0 Å². The van der Waals surface area contributed by atoms with E-state index in [0.29, 0.717) is 13.1 Å². The van der Waals surface area contributed by atoms with Crippen LogP contribution in [0.1, 0.15) is 27.9 Å². The average molecular weight is 318 g/mol. The summed E-state index contributed by atoms with van der Waals surface area (Å²) >= 11 is 0. The molecule has 0 radical (unpaired) electrons. The number of aryl methyl sites for hydroxylation is 3. The minimum absolute atomic E-state index is 0.442. The number of hydrogen-bond donors (Lipinski definition) is 1. The van der Waals surface area contributed by atoms with Gasteiger partial charge in [0.15, 0.2) is 0 Å². The first-order valence-electron chi connectivity index (χ1n) is 8.44. The first-order valence-corrected chi connectivity index (χ1v) is 8.44. The van der Waals surface area contributed by atoms with Gasteiger partial charge in [0.05, 0.1) is 30.6 Å². The number of hydrogen-bond acceptors (Lipinski definition) is 2. The van der Waals surface area contributed by atoms with Crippen LogP contribution in [0.4, 0.5) is 0 Å². The number of rotatable bonds is 1. The van der Waals surface area contributed by atoms with Gasteiger partial charge in [-0.25, -0.2) is 0 Å². The van der Waals surface area contributed by atoms with E-state index in [9.17, 15) is 5.11 Å². The van der Waals surface area contributed by atoms with Gasteiger partial charge in [-0.05, 0) is 38.5 Å². The largest absolute Gasteiger partial charge is 0.389 e. The summed E-state index contributed by atoms with van der Waals surface area (Å²) < 4.78 is 2.24. The molecule has 0 spiro atoms. The van der Waals surface area contributed by atoms with Gasteiger partial charge in [0.2, 0.25) is 0 Å². The predicted molar refractivity (Wildman–Crippen MR) is 99.1 cm³/mol. The van der Waals surface area contributed by atoms with Crippen LogP contribution in [0.3, 0.4) is 0 Å². The van der Waals surface area contributed by atoms with E-state index in [1.54, 1.807) is 0 Å². The number of aromatic nitrogens is 1. The van der Waals surface area contributed by atoms with Crippen LogP contribution in [0.25, 0.3) is 10.9 Å². The van der Waals surface area contributed by atoms with Crippen LogP contribution in [0.5, 0.6) is 0 Å². The zero-order valence-corrected chi connectivity index (χ0v) is 14.4. The lowest BCUT2D eigenvalue weighted by Gasteiger charge is -2.12. The molecule has 4 rings (SSSR count). The maximum absolute atomic E-state index is 10.3. The maximum atomic E-state index is 10.3. The zero-order valence-electron chi connectivity index (χ0n) is 14.4. The van der Waals surface area contributed by atoms with Crippen LogP contribution >= 0.6 is 0 Å². The Morgan fingerprint density at radius 2 is 1.71 bits per heavy atom. The molecule has 3 nitrogen and oxygen atoms in total. The third-order valence-electron chi connectivity index (χ3n) is 4.87. The number of aliphatic imine (C=N–C) groups is 1. The normalized spacial score (nSPS) is 17.5. The number of aliphatic hydroxyl groups is 1.